The first-order valence-corrected chi connectivity index (χ1v) is 5.35. The van der Waals surface area contributed by atoms with Gasteiger partial charge in [-0.1, -0.05) is 0 Å². The van der Waals surface area contributed by atoms with Gasteiger partial charge in [0.15, 0.2) is 11.5 Å². The molecule has 6 nitrogen and oxygen atoms in total. The number of esters is 1. The number of nitrogens with one attached hydrogen (secondary N) is 1. The van der Waals surface area contributed by atoms with Crippen molar-refractivity contribution in [2.24, 2.45) is 0 Å². The summed E-state index contributed by atoms with van der Waals surface area (Å²) in [5.41, 5.74) is -0.0578. The number of H-pyrrole nitrogens is 1. The van der Waals surface area contributed by atoms with Crippen LogP contribution in [0, 0.1) is 0 Å². The van der Waals surface area contributed by atoms with Gasteiger partial charge in [-0.15, -0.1) is 0 Å². The molecule has 1 aromatic carbocycles. The Morgan fingerprint density at radius 3 is 2.72 bits per heavy atom. The molecule has 2 aromatic rings. The van der Waals surface area contributed by atoms with Crippen LogP contribution >= 0.6 is 11.6 Å². The van der Waals surface area contributed by atoms with Gasteiger partial charge >= 0.3 is 5.97 Å². The molecule has 0 saturated carbocycles. The lowest BCUT2D eigenvalue weighted by Gasteiger charge is -2.08. The van der Waals surface area contributed by atoms with Gasteiger partial charge in [0.25, 0.3) is 5.56 Å². The second-order valence-electron chi connectivity index (χ2n) is 3.47. The van der Waals surface area contributed by atoms with Crippen molar-refractivity contribution in [2.45, 2.75) is 6.92 Å². The first-order chi connectivity index (χ1) is 8.51. The van der Waals surface area contributed by atoms with Crippen LogP contribution in [0.4, 0.5) is 0 Å². The number of ether oxygens (including phenoxy) is 2. The van der Waals surface area contributed by atoms with E-state index in [2.05, 4.69) is 9.97 Å². The van der Waals surface area contributed by atoms with E-state index in [4.69, 9.17) is 21.1 Å². The summed E-state index contributed by atoms with van der Waals surface area (Å²) >= 11 is 5.65. The maximum Gasteiger partial charge on any atom is 0.308 e. The molecule has 1 N–H and O–H groups in total. The zero-order valence-electron chi connectivity index (χ0n) is 9.61. The molecule has 0 aliphatic heterocycles. The monoisotopic (exact) mass is 268 g/mol. The highest BCUT2D eigenvalue weighted by atomic mass is 35.5. The molecular formula is C11H9ClN2O4. The number of benzene rings is 1. The molecule has 0 spiro atoms. The van der Waals surface area contributed by atoms with Crippen LogP contribution in [0.3, 0.4) is 0 Å². The SMILES string of the molecule is COc1cc2nc(Cl)[nH]c(=O)c2cc1OC(C)=O. The Balaban J connectivity index is 2.73. The van der Waals surface area contributed by atoms with Crippen molar-refractivity contribution in [3.8, 4) is 11.5 Å². The van der Waals surface area contributed by atoms with Crippen LogP contribution in [0.2, 0.25) is 5.28 Å². The van der Waals surface area contributed by atoms with Crippen molar-refractivity contribution in [2.75, 3.05) is 7.11 Å². The molecule has 0 amide bonds. The van der Waals surface area contributed by atoms with Gasteiger partial charge < -0.3 is 9.47 Å². The standard InChI is InChI=1S/C11H9ClN2O4/c1-5(15)18-9-3-6-7(4-8(9)17-2)13-11(12)14-10(6)16/h3-4H,1-2H3,(H,13,14,16). The highest BCUT2D eigenvalue weighted by molar-refractivity contribution is 6.28. The smallest absolute Gasteiger partial charge is 0.308 e. The summed E-state index contributed by atoms with van der Waals surface area (Å²) in [7, 11) is 1.42. The molecule has 0 aliphatic carbocycles. The van der Waals surface area contributed by atoms with Crippen molar-refractivity contribution in [1.29, 1.82) is 0 Å². The molecule has 0 bridgehead atoms. The number of carbonyl (C=O) groups excluding carboxylic acids is 1. The van der Waals surface area contributed by atoms with Gasteiger partial charge in [0.05, 0.1) is 18.0 Å². The maximum atomic E-state index is 11.7. The molecule has 0 saturated heterocycles. The number of aromatic nitrogens is 2. The van der Waals surface area contributed by atoms with Gasteiger partial charge in [0, 0.05) is 13.0 Å². The lowest BCUT2D eigenvalue weighted by atomic mass is 10.2. The Kier molecular flexibility index (Phi) is 3.20. The summed E-state index contributed by atoms with van der Waals surface area (Å²) in [6, 6.07) is 2.87. The van der Waals surface area contributed by atoms with E-state index < -0.39 is 11.5 Å². The maximum absolute atomic E-state index is 11.7. The van der Waals surface area contributed by atoms with E-state index >= 15 is 0 Å². The van der Waals surface area contributed by atoms with Crippen LogP contribution in [0.1, 0.15) is 6.92 Å². The summed E-state index contributed by atoms with van der Waals surface area (Å²) in [5, 5.41) is 0.242. The van der Waals surface area contributed by atoms with Crippen LogP contribution in [-0.2, 0) is 4.79 Å². The summed E-state index contributed by atoms with van der Waals surface area (Å²) in [6.45, 7) is 1.26. The van der Waals surface area contributed by atoms with E-state index in [0.717, 1.165) is 0 Å². The van der Waals surface area contributed by atoms with Gasteiger partial charge in [-0.05, 0) is 17.7 Å². The second kappa shape index (κ2) is 4.66. The second-order valence-corrected chi connectivity index (χ2v) is 3.83. The molecule has 18 heavy (non-hydrogen) atoms. The number of carbonyl (C=O) groups is 1. The van der Waals surface area contributed by atoms with Gasteiger partial charge in [-0.3, -0.25) is 14.6 Å². The fourth-order valence-electron chi connectivity index (χ4n) is 1.51. The summed E-state index contributed by atoms with van der Waals surface area (Å²) in [5.74, 6) is -0.0509. The zero-order chi connectivity index (χ0) is 13.3. The topological polar surface area (TPSA) is 81.3 Å². The number of halogens is 1. The molecule has 2 rings (SSSR count). The van der Waals surface area contributed by atoms with E-state index in [1.807, 2.05) is 0 Å². The number of hydrogen-bond donors (Lipinski definition) is 1. The molecule has 0 unspecified atom stereocenters. The third kappa shape index (κ3) is 2.28. The molecule has 7 heteroatoms. The van der Waals surface area contributed by atoms with E-state index in [1.165, 1.54) is 26.2 Å². The number of hydrogen-bond acceptors (Lipinski definition) is 5. The third-order valence-corrected chi connectivity index (χ3v) is 2.39. The lowest BCUT2D eigenvalue weighted by Crippen LogP contribution is -2.09. The molecular weight excluding hydrogens is 260 g/mol. The number of methoxy groups -OCH3 is 1. The quantitative estimate of drug-likeness (QED) is 0.507. The Morgan fingerprint density at radius 2 is 2.11 bits per heavy atom. The normalized spacial score (nSPS) is 10.4. The van der Waals surface area contributed by atoms with Gasteiger partial charge in [0.1, 0.15) is 0 Å². The minimum atomic E-state index is -0.508. The fourth-order valence-corrected chi connectivity index (χ4v) is 1.69. The largest absolute Gasteiger partial charge is 0.493 e. The average molecular weight is 269 g/mol. The molecule has 1 aromatic heterocycles. The average Bonchev–Trinajstić information content (AvgIpc) is 2.28. The van der Waals surface area contributed by atoms with Crippen molar-refractivity contribution in [3.63, 3.8) is 0 Å². The zero-order valence-corrected chi connectivity index (χ0v) is 10.4. The minimum Gasteiger partial charge on any atom is -0.493 e. The first kappa shape index (κ1) is 12.4. The van der Waals surface area contributed by atoms with Gasteiger partial charge in [-0.25, -0.2) is 4.98 Å². The molecule has 1 heterocycles. The third-order valence-electron chi connectivity index (χ3n) is 2.22. The molecule has 0 fully saturated rings. The van der Waals surface area contributed by atoms with E-state index in [-0.39, 0.29) is 16.4 Å². The van der Waals surface area contributed by atoms with Gasteiger partial charge in [0.2, 0.25) is 5.28 Å². The highest BCUT2D eigenvalue weighted by Crippen LogP contribution is 2.30. The van der Waals surface area contributed by atoms with E-state index in [9.17, 15) is 9.59 Å². The number of rotatable bonds is 2. The van der Waals surface area contributed by atoms with Crippen LogP contribution in [-0.4, -0.2) is 23.0 Å². The van der Waals surface area contributed by atoms with E-state index in [1.54, 1.807) is 0 Å². The van der Waals surface area contributed by atoms with Crippen molar-refractivity contribution < 1.29 is 14.3 Å². The minimum absolute atomic E-state index is 0.0187. The first-order valence-electron chi connectivity index (χ1n) is 4.97. The number of aromatic amines is 1. The predicted molar refractivity (Wildman–Crippen MR) is 65.2 cm³/mol. The number of nitrogens with zero attached hydrogens (tertiary/aromatic N) is 1. The molecule has 94 valence electrons. The van der Waals surface area contributed by atoms with Crippen LogP contribution in [0.5, 0.6) is 11.5 Å². The van der Waals surface area contributed by atoms with Crippen LogP contribution < -0.4 is 15.0 Å². The Bertz CT molecular complexity index is 681. The highest BCUT2D eigenvalue weighted by Gasteiger charge is 2.12. The summed E-state index contributed by atoms with van der Waals surface area (Å²) < 4.78 is 10.0. The Morgan fingerprint density at radius 1 is 1.39 bits per heavy atom. The predicted octanol–water partition coefficient (Wildman–Crippen LogP) is 1.51. The lowest BCUT2D eigenvalue weighted by molar-refractivity contribution is -0.131. The van der Waals surface area contributed by atoms with Crippen molar-refractivity contribution >= 4 is 28.5 Å². The van der Waals surface area contributed by atoms with Crippen molar-refractivity contribution in [3.05, 3.63) is 27.8 Å². The van der Waals surface area contributed by atoms with Crippen LogP contribution in [0.25, 0.3) is 10.9 Å². The van der Waals surface area contributed by atoms with Crippen molar-refractivity contribution in [1.82, 2.24) is 9.97 Å². The number of fused-ring (bicyclic) bond motifs is 1. The van der Waals surface area contributed by atoms with E-state index in [0.29, 0.717) is 11.3 Å². The van der Waals surface area contributed by atoms with Gasteiger partial charge in [-0.2, -0.15) is 0 Å². The van der Waals surface area contributed by atoms with Crippen LogP contribution in [0.15, 0.2) is 16.9 Å². The Hall–Kier alpha value is -2.08. The summed E-state index contributed by atoms with van der Waals surface area (Å²) in [4.78, 5) is 28.9. The molecule has 0 aliphatic rings. The fraction of sp³-hybridized carbons (Fsp3) is 0.182. The molecule has 0 radical (unpaired) electrons. The summed E-state index contributed by atoms with van der Waals surface area (Å²) in [6.07, 6.45) is 0. The Labute approximate surface area is 107 Å². The molecule has 0 atom stereocenters.